The molecular weight excluding hydrogens is 284 g/mol. The Morgan fingerprint density at radius 2 is 2.25 bits per heavy atom. The van der Waals surface area contributed by atoms with Crippen LogP contribution in [0.2, 0.25) is 5.02 Å². The van der Waals surface area contributed by atoms with Crippen molar-refractivity contribution in [2.24, 2.45) is 5.92 Å². The Morgan fingerprint density at radius 1 is 1.60 bits per heavy atom. The van der Waals surface area contributed by atoms with E-state index in [1.54, 1.807) is 0 Å². The Kier molecular flexibility index (Phi) is 4.13. The molecule has 1 aliphatic rings. The molecule has 1 atom stereocenters. The fraction of sp³-hybridized carbons (Fsp3) is 0.462. The fourth-order valence-electron chi connectivity index (χ4n) is 2.17. The number of halogens is 1. The van der Waals surface area contributed by atoms with E-state index >= 15 is 0 Å². The molecule has 108 valence electrons. The van der Waals surface area contributed by atoms with E-state index in [0.717, 1.165) is 12.5 Å². The third-order valence-electron chi connectivity index (χ3n) is 3.29. The SMILES string of the molecule is CC(CC1CC1)Nc1c(Cl)cc([N+](=O)[O-])cc1C(=O)O. The largest absolute Gasteiger partial charge is 0.478 e. The molecule has 1 aliphatic carbocycles. The number of hydrogen-bond donors (Lipinski definition) is 2. The van der Waals surface area contributed by atoms with Gasteiger partial charge in [-0.05, 0) is 19.3 Å². The van der Waals surface area contributed by atoms with Crippen molar-refractivity contribution in [1.82, 2.24) is 0 Å². The van der Waals surface area contributed by atoms with Crippen LogP contribution in [0, 0.1) is 16.0 Å². The zero-order chi connectivity index (χ0) is 14.9. The summed E-state index contributed by atoms with van der Waals surface area (Å²) in [7, 11) is 0. The molecule has 0 heterocycles. The van der Waals surface area contributed by atoms with E-state index in [9.17, 15) is 20.0 Å². The minimum Gasteiger partial charge on any atom is -0.478 e. The first-order chi connectivity index (χ1) is 9.38. The predicted molar refractivity (Wildman–Crippen MR) is 75.5 cm³/mol. The second kappa shape index (κ2) is 5.66. The lowest BCUT2D eigenvalue weighted by atomic mass is 10.1. The molecule has 2 N–H and O–H groups in total. The van der Waals surface area contributed by atoms with Crippen molar-refractivity contribution in [3.8, 4) is 0 Å². The lowest BCUT2D eigenvalue weighted by Gasteiger charge is -2.17. The lowest BCUT2D eigenvalue weighted by molar-refractivity contribution is -0.384. The topological polar surface area (TPSA) is 92.5 Å². The maximum atomic E-state index is 11.2. The predicted octanol–water partition coefficient (Wildman–Crippen LogP) is 3.55. The Balaban J connectivity index is 2.29. The number of aromatic carboxylic acids is 1. The molecule has 0 aliphatic heterocycles. The Hall–Kier alpha value is -1.82. The summed E-state index contributed by atoms with van der Waals surface area (Å²) in [6.45, 7) is 1.95. The zero-order valence-corrected chi connectivity index (χ0v) is 11.7. The highest BCUT2D eigenvalue weighted by molar-refractivity contribution is 6.34. The highest BCUT2D eigenvalue weighted by Gasteiger charge is 2.26. The summed E-state index contributed by atoms with van der Waals surface area (Å²) in [5, 5.41) is 23.0. The number of anilines is 1. The van der Waals surface area contributed by atoms with Crippen LogP contribution in [0.1, 0.15) is 36.5 Å². The number of nitrogens with zero attached hydrogens (tertiary/aromatic N) is 1. The molecule has 6 nitrogen and oxygen atoms in total. The molecule has 7 heteroatoms. The third kappa shape index (κ3) is 3.39. The van der Waals surface area contributed by atoms with Crippen molar-refractivity contribution in [2.45, 2.75) is 32.2 Å². The van der Waals surface area contributed by atoms with Crippen LogP contribution < -0.4 is 5.32 Å². The van der Waals surface area contributed by atoms with Crippen molar-refractivity contribution in [2.75, 3.05) is 5.32 Å². The molecule has 0 amide bonds. The summed E-state index contributed by atoms with van der Waals surface area (Å²) in [5.74, 6) is -0.556. The number of nitro groups is 1. The van der Waals surface area contributed by atoms with Gasteiger partial charge < -0.3 is 10.4 Å². The molecule has 0 spiro atoms. The normalized spacial score (nSPS) is 15.7. The van der Waals surface area contributed by atoms with Gasteiger partial charge in [0.05, 0.1) is 21.2 Å². The van der Waals surface area contributed by atoms with Gasteiger partial charge in [-0.2, -0.15) is 0 Å². The first kappa shape index (κ1) is 14.6. The Labute approximate surface area is 120 Å². The van der Waals surface area contributed by atoms with E-state index in [1.807, 2.05) is 6.92 Å². The maximum absolute atomic E-state index is 11.2. The number of carboxylic acid groups (broad SMARTS) is 1. The van der Waals surface area contributed by atoms with Crippen LogP contribution in [0.15, 0.2) is 12.1 Å². The van der Waals surface area contributed by atoms with E-state index in [-0.39, 0.29) is 28.0 Å². The Morgan fingerprint density at radius 3 is 2.75 bits per heavy atom. The smallest absolute Gasteiger partial charge is 0.338 e. The molecule has 20 heavy (non-hydrogen) atoms. The van der Waals surface area contributed by atoms with Crippen LogP contribution in [0.3, 0.4) is 0 Å². The van der Waals surface area contributed by atoms with E-state index in [0.29, 0.717) is 5.92 Å². The van der Waals surface area contributed by atoms with Gasteiger partial charge >= 0.3 is 5.97 Å². The number of nitro benzene ring substituents is 1. The summed E-state index contributed by atoms with van der Waals surface area (Å²) in [6.07, 6.45) is 3.34. The number of non-ortho nitro benzene ring substituents is 1. The first-order valence-corrected chi connectivity index (χ1v) is 6.74. The van der Waals surface area contributed by atoms with Gasteiger partial charge in [0, 0.05) is 18.2 Å². The number of rotatable bonds is 6. The van der Waals surface area contributed by atoms with Gasteiger partial charge in [0.1, 0.15) is 0 Å². The van der Waals surface area contributed by atoms with Gasteiger partial charge in [-0.1, -0.05) is 24.4 Å². The standard InChI is InChI=1S/C13H15ClN2O4/c1-7(4-8-2-3-8)15-12-10(13(17)18)5-9(16(19)20)6-11(12)14/h5-8,15H,2-4H2,1H3,(H,17,18). The molecule has 2 rings (SSSR count). The van der Waals surface area contributed by atoms with Gasteiger partial charge in [-0.3, -0.25) is 10.1 Å². The van der Waals surface area contributed by atoms with Crippen LogP contribution in [0.25, 0.3) is 0 Å². The summed E-state index contributed by atoms with van der Waals surface area (Å²) in [6, 6.07) is 2.26. The van der Waals surface area contributed by atoms with Crippen molar-refractivity contribution < 1.29 is 14.8 Å². The molecule has 0 saturated heterocycles. The van der Waals surface area contributed by atoms with Crippen LogP contribution in [-0.4, -0.2) is 22.0 Å². The number of carbonyl (C=O) groups is 1. The highest BCUT2D eigenvalue weighted by atomic mass is 35.5. The van der Waals surface area contributed by atoms with Crippen molar-refractivity contribution in [3.05, 3.63) is 32.8 Å². The maximum Gasteiger partial charge on any atom is 0.338 e. The average molecular weight is 299 g/mol. The summed E-state index contributed by atoms with van der Waals surface area (Å²) < 4.78 is 0. The average Bonchev–Trinajstić information content (AvgIpc) is 3.14. The van der Waals surface area contributed by atoms with E-state index in [1.165, 1.54) is 18.9 Å². The van der Waals surface area contributed by atoms with Crippen LogP contribution >= 0.6 is 11.6 Å². The zero-order valence-electron chi connectivity index (χ0n) is 10.9. The van der Waals surface area contributed by atoms with Gasteiger partial charge in [0.2, 0.25) is 0 Å². The van der Waals surface area contributed by atoms with E-state index < -0.39 is 10.9 Å². The first-order valence-electron chi connectivity index (χ1n) is 6.36. The van der Waals surface area contributed by atoms with Crippen LogP contribution in [0.5, 0.6) is 0 Å². The number of benzene rings is 1. The molecule has 1 unspecified atom stereocenters. The van der Waals surface area contributed by atoms with Gasteiger partial charge in [-0.25, -0.2) is 4.79 Å². The molecular formula is C13H15ClN2O4. The molecule has 1 aromatic rings. The summed E-state index contributed by atoms with van der Waals surface area (Å²) in [5.41, 5.74) is -0.252. The van der Waals surface area contributed by atoms with Crippen molar-refractivity contribution in [1.29, 1.82) is 0 Å². The molecule has 0 bridgehead atoms. The summed E-state index contributed by atoms with van der Waals surface area (Å²) >= 11 is 5.99. The highest BCUT2D eigenvalue weighted by Crippen LogP contribution is 2.36. The second-order valence-corrected chi connectivity index (χ2v) is 5.54. The monoisotopic (exact) mass is 298 g/mol. The van der Waals surface area contributed by atoms with Gasteiger partial charge in [0.25, 0.3) is 5.69 Å². The molecule has 1 saturated carbocycles. The minimum atomic E-state index is -1.24. The molecule has 1 aromatic carbocycles. The number of carboxylic acids is 1. The third-order valence-corrected chi connectivity index (χ3v) is 3.59. The lowest BCUT2D eigenvalue weighted by Crippen LogP contribution is -2.18. The van der Waals surface area contributed by atoms with Gasteiger partial charge in [-0.15, -0.1) is 0 Å². The van der Waals surface area contributed by atoms with Crippen molar-refractivity contribution >= 4 is 28.9 Å². The minimum absolute atomic E-state index is 0.0549. The number of nitrogens with one attached hydrogen (secondary N) is 1. The molecule has 1 fully saturated rings. The molecule has 0 radical (unpaired) electrons. The Bertz CT molecular complexity index is 558. The number of hydrogen-bond acceptors (Lipinski definition) is 4. The fourth-order valence-corrected chi connectivity index (χ4v) is 2.44. The quantitative estimate of drug-likeness (QED) is 0.619. The van der Waals surface area contributed by atoms with Crippen LogP contribution in [-0.2, 0) is 0 Å². The summed E-state index contributed by atoms with van der Waals surface area (Å²) in [4.78, 5) is 21.3. The van der Waals surface area contributed by atoms with Crippen LogP contribution in [0.4, 0.5) is 11.4 Å². The van der Waals surface area contributed by atoms with E-state index in [4.69, 9.17) is 11.6 Å². The molecule has 0 aromatic heterocycles. The van der Waals surface area contributed by atoms with E-state index in [2.05, 4.69) is 5.32 Å². The van der Waals surface area contributed by atoms with Gasteiger partial charge in [0.15, 0.2) is 0 Å². The van der Waals surface area contributed by atoms with Crippen molar-refractivity contribution in [3.63, 3.8) is 0 Å². The second-order valence-electron chi connectivity index (χ2n) is 5.14.